The molecular weight excluding hydrogens is 823 g/mol. The van der Waals surface area contributed by atoms with Crippen molar-refractivity contribution in [2.45, 2.75) is 53.1 Å². The van der Waals surface area contributed by atoms with Crippen LogP contribution in [0.25, 0.3) is 66.3 Å². The van der Waals surface area contributed by atoms with E-state index in [1.807, 2.05) is 12.4 Å². The molecule has 6 aromatic carbocycles. The molecule has 0 amide bonds. The van der Waals surface area contributed by atoms with E-state index in [0.717, 1.165) is 11.4 Å². The van der Waals surface area contributed by atoms with Gasteiger partial charge in [-0.05, 0) is 36.1 Å². The number of hydrogen-bond acceptors (Lipinski definition) is 2. The average molecular weight is 871 g/mol. The maximum absolute atomic E-state index is 4.59. The van der Waals surface area contributed by atoms with Gasteiger partial charge in [0.2, 0.25) is 0 Å². The summed E-state index contributed by atoms with van der Waals surface area (Å²) in [5.41, 5.74) is 12.0. The second-order valence-corrected chi connectivity index (χ2v) is 26.4. The summed E-state index contributed by atoms with van der Waals surface area (Å²) < 4.78 is 0. The Morgan fingerprint density at radius 2 is 0.818 bits per heavy atom. The minimum Gasteiger partial charge on any atom is -1.00 e. The van der Waals surface area contributed by atoms with Crippen molar-refractivity contribution in [3.63, 3.8) is 0 Å². The zero-order valence-corrected chi connectivity index (χ0v) is 39.0. The van der Waals surface area contributed by atoms with Gasteiger partial charge in [-0.2, -0.15) is 0 Å². The molecule has 0 unspecified atom stereocenters. The largest absolute Gasteiger partial charge is 4.00 e. The van der Waals surface area contributed by atoms with Crippen molar-refractivity contribution in [2.75, 3.05) is 0 Å². The third kappa shape index (κ3) is 10.0. The molecule has 8 rings (SSSR count). The number of aryl methyl sites for hydroxylation is 2. The van der Waals surface area contributed by atoms with E-state index in [-0.39, 0.29) is 51.0 Å². The Labute approximate surface area is 361 Å². The zero-order valence-electron chi connectivity index (χ0n) is 33.0. The van der Waals surface area contributed by atoms with Crippen molar-refractivity contribution in [2.24, 2.45) is 0 Å². The average Bonchev–Trinajstić information content (AvgIpc) is 3.77. The Morgan fingerprint density at radius 3 is 1.13 bits per heavy atom. The van der Waals surface area contributed by atoms with Crippen LogP contribution in [0.2, 0.25) is 39.3 Å². The molecule has 2 aromatic heterocycles. The molecule has 0 bridgehead atoms. The molecule has 0 saturated heterocycles. The monoisotopic (exact) mass is 868 g/mol. The topological polar surface area (TPSA) is 25.8 Å². The predicted molar refractivity (Wildman–Crippen MR) is 232 cm³/mol. The van der Waals surface area contributed by atoms with Crippen LogP contribution in [0.5, 0.6) is 0 Å². The molecule has 2 heterocycles. The van der Waals surface area contributed by atoms with Gasteiger partial charge in [-0.3, -0.25) is 9.97 Å². The maximum Gasteiger partial charge on any atom is 4.00 e. The summed E-state index contributed by atoms with van der Waals surface area (Å²) in [4.78, 5) is 9.18. The molecule has 0 spiro atoms. The Morgan fingerprint density at radius 1 is 0.455 bits per heavy atom. The molecule has 0 saturated carbocycles. The van der Waals surface area contributed by atoms with Crippen LogP contribution in [-0.2, 0) is 26.2 Å². The molecular formula is C48H48Cl2N2Si2Zr. The van der Waals surface area contributed by atoms with E-state index in [0.29, 0.717) is 0 Å². The van der Waals surface area contributed by atoms with E-state index >= 15 is 0 Å². The van der Waals surface area contributed by atoms with Gasteiger partial charge in [0.1, 0.15) is 0 Å². The molecule has 0 N–H and O–H groups in total. The summed E-state index contributed by atoms with van der Waals surface area (Å²) in [6.07, 6.45) is 3.87. The van der Waals surface area contributed by atoms with Gasteiger partial charge in [-0.25, -0.2) is 0 Å². The SMILES string of the molecule is Cc1ccc(-c2cc3c(-c4ccc([Si](C)(C)C)cc4)cccc3[cH-]2)nc1.Cc1ccc(-c2cc3c(-c4ccc([Si](C)(C)C)cc4)cccc3[cH-]2)nc1.[Cl-].[Cl-].[Zr+4]. The minimum absolute atomic E-state index is 0. The van der Waals surface area contributed by atoms with Crippen LogP contribution in [-0.4, -0.2) is 26.1 Å². The van der Waals surface area contributed by atoms with E-state index < -0.39 is 16.1 Å². The number of halogens is 2. The van der Waals surface area contributed by atoms with Crippen molar-refractivity contribution in [1.29, 1.82) is 0 Å². The van der Waals surface area contributed by atoms with Crippen LogP contribution in [0, 0.1) is 13.8 Å². The number of rotatable bonds is 6. The first-order chi connectivity index (χ1) is 24.8. The number of benzene rings is 4. The van der Waals surface area contributed by atoms with E-state index in [9.17, 15) is 0 Å². The van der Waals surface area contributed by atoms with Gasteiger partial charge in [0.05, 0.1) is 16.1 Å². The molecule has 0 radical (unpaired) electrons. The van der Waals surface area contributed by atoms with Crippen molar-refractivity contribution >= 4 is 48.1 Å². The van der Waals surface area contributed by atoms with E-state index in [1.165, 1.54) is 76.4 Å². The molecule has 276 valence electrons. The van der Waals surface area contributed by atoms with Gasteiger partial charge < -0.3 is 24.8 Å². The van der Waals surface area contributed by atoms with Crippen molar-refractivity contribution in [1.82, 2.24) is 9.97 Å². The number of nitrogens with zero attached hydrogens (tertiary/aromatic N) is 2. The van der Waals surface area contributed by atoms with Crippen molar-refractivity contribution in [3.05, 3.63) is 157 Å². The standard InChI is InChI=1S/2C24H24NSi.2ClH.Zr/c2*1-17-8-13-24(25-16-17)20-14-19-6-5-7-22(23(19)15-20)18-9-11-21(12-10-18)26(2,3)4;;;/h2*5-16H,1-4H3;2*1H;/q2*-1;;;+4/p-2. The van der Waals surface area contributed by atoms with Gasteiger partial charge in [0, 0.05) is 23.8 Å². The molecule has 0 atom stereocenters. The fraction of sp³-hybridized carbons (Fsp3) is 0.167. The van der Waals surface area contributed by atoms with Crippen LogP contribution in [0.4, 0.5) is 0 Å². The summed E-state index contributed by atoms with van der Waals surface area (Å²) in [5, 5.41) is 8.14. The number of aromatic nitrogens is 2. The molecule has 0 aliphatic heterocycles. The van der Waals surface area contributed by atoms with Crippen LogP contribution < -0.4 is 35.2 Å². The van der Waals surface area contributed by atoms with Gasteiger partial charge in [-0.1, -0.05) is 158 Å². The molecule has 7 heteroatoms. The Bertz CT molecular complexity index is 2290. The Kier molecular flexibility index (Phi) is 14.4. The van der Waals surface area contributed by atoms with Gasteiger partial charge in [0.25, 0.3) is 0 Å². The molecule has 0 aliphatic rings. The first kappa shape index (κ1) is 44.0. The normalized spacial score (nSPS) is 11.2. The molecule has 8 aromatic rings. The van der Waals surface area contributed by atoms with Gasteiger partial charge in [0.15, 0.2) is 0 Å². The number of pyridine rings is 2. The van der Waals surface area contributed by atoms with Gasteiger partial charge in [-0.15, -0.1) is 69.1 Å². The first-order valence-electron chi connectivity index (χ1n) is 18.3. The summed E-state index contributed by atoms with van der Waals surface area (Å²) in [5.74, 6) is 0. The molecule has 55 heavy (non-hydrogen) atoms. The smallest absolute Gasteiger partial charge is 1.00 e. The molecule has 0 aliphatic carbocycles. The van der Waals surface area contributed by atoms with E-state index in [4.69, 9.17) is 0 Å². The zero-order chi connectivity index (χ0) is 36.6. The third-order valence-corrected chi connectivity index (χ3v) is 14.2. The third-order valence-electron chi connectivity index (χ3n) is 10.0. The summed E-state index contributed by atoms with van der Waals surface area (Å²) in [6.45, 7) is 18.5. The van der Waals surface area contributed by atoms with Crippen LogP contribution >= 0.6 is 0 Å². The molecule has 2 nitrogen and oxygen atoms in total. The van der Waals surface area contributed by atoms with Crippen LogP contribution in [0.3, 0.4) is 0 Å². The maximum atomic E-state index is 4.59. The second kappa shape index (κ2) is 18.0. The molecule has 0 fully saturated rings. The van der Waals surface area contributed by atoms with Crippen molar-refractivity contribution < 1.29 is 51.0 Å². The summed E-state index contributed by atoms with van der Waals surface area (Å²) in [6, 6.07) is 48.9. The second-order valence-electron chi connectivity index (χ2n) is 16.2. The van der Waals surface area contributed by atoms with E-state index in [2.05, 4.69) is 197 Å². The Balaban J connectivity index is 0.000000232. The summed E-state index contributed by atoms with van der Waals surface area (Å²) >= 11 is 0. The first-order valence-corrected chi connectivity index (χ1v) is 25.3. The quantitative estimate of drug-likeness (QED) is 0.145. The van der Waals surface area contributed by atoms with Crippen molar-refractivity contribution in [3.8, 4) is 44.8 Å². The Hall–Kier alpha value is -3.70. The fourth-order valence-corrected chi connectivity index (χ4v) is 9.18. The predicted octanol–water partition coefficient (Wildman–Crippen LogP) is 6.29. The van der Waals surface area contributed by atoms with Crippen LogP contribution in [0.1, 0.15) is 11.1 Å². The number of fused-ring (bicyclic) bond motifs is 2. The van der Waals surface area contributed by atoms with Crippen LogP contribution in [0.15, 0.2) is 146 Å². The summed E-state index contributed by atoms with van der Waals surface area (Å²) in [7, 11) is -2.53. The van der Waals surface area contributed by atoms with Gasteiger partial charge >= 0.3 is 26.2 Å². The minimum atomic E-state index is -1.26. The van der Waals surface area contributed by atoms with E-state index in [1.54, 1.807) is 0 Å². The number of hydrogen-bond donors (Lipinski definition) is 0. The fourth-order valence-electron chi connectivity index (χ4n) is 6.85.